The average Bonchev–Trinajstić information content (AvgIpc) is 2.45. The number of hydrogen-bond acceptors (Lipinski definition) is 3. The van der Waals surface area contributed by atoms with E-state index in [2.05, 4.69) is 21.1 Å². The smallest absolute Gasteiger partial charge is 0.255 e. The Morgan fingerprint density at radius 2 is 2.20 bits per heavy atom. The molecule has 1 rings (SSSR count). The molecule has 0 saturated carbocycles. The number of hydrogen-bond donors (Lipinski definition) is 2. The van der Waals surface area contributed by atoms with Gasteiger partial charge >= 0.3 is 0 Å². The minimum Gasteiger partial charge on any atom is -0.409 e. The van der Waals surface area contributed by atoms with Gasteiger partial charge in [-0.2, -0.15) is 0 Å². The number of carbonyl (C=O) groups excluding carboxylic acids is 1. The molecule has 0 aliphatic carbocycles. The first-order valence-corrected chi connectivity index (χ1v) is 7.23. The number of amidine groups is 1. The topological polar surface area (TPSA) is 78.9 Å². The molecular formula is C14H20BrN3O2. The fourth-order valence-corrected chi connectivity index (χ4v) is 2.30. The van der Waals surface area contributed by atoms with Crippen molar-refractivity contribution >= 4 is 27.7 Å². The SMILES string of the molecule is CCN(CC(C)/C(N)=N/O)C(=O)c1cccc(C)c1Br. The third-order valence-corrected chi connectivity index (χ3v) is 4.26. The van der Waals surface area contributed by atoms with E-state index in [-0.39, 0.29) is 17.7 Å². The third kappa shape index (κ3) is 3.72. The summed E-state index contributed by atoms with van der Waals surface area (Å²) in [5, 5.41) is 11.7. The number of halogens is 1. The van der Waals surface area contributed by atoms with Crippen LogP contribution in [0.25, 0.3) is 0 Å². The van der Waals surface area contributed by atoms with Crippen LogP contribution in [0.2, 0.25) is 0 Å². The Morgan fingerprint density at radius 1 is 1.55 bits per heavy atom. The van der Waals surface area contributed by atoms with E-state index < -0.39 is 0 Å². The minimum atomic E-state index is -0.201. The van der Waals surface area contributed by atoms with Gasteiger partial charge in [0.1, 0.15) is 5.84 Å². The molecule has 0 aromatic heterocycles. The monoisotopic (exact) mass is 341 g/mol. The molecule has 20 heavy (non-hydrogen) atoms. The second kappa shape index (κ2) is 7.28. The van der Waals surface area contributed by atoms with Crippen LogP contribution in [-0.2, 0) is 0 Å². The number of nitrogens with zero attached hydrogens (tertiary/aromatic N) is 2. The summed E-state index contributed by atoms with van der Waals surface area (Å²) in [7, 11) is 0. The van der Waals surface area contributed by atoms with Crippen molar-refractivity contribution in [3.05, 3.63) is 33.8 Å². The Morgan fingerprint density at radius 3 is 2.75 bits per heavy atom. The number of amides is 1. The van der Waals surface area contributed by atoms with Crippen LogP contribution in [0.1, 0.15) is 29.8 Å². The average molecular weight is 342 g/mol. The normalized spacial score (nSPS) is 13.1. The van der Waals surface area contributed by atoms with E-state index in [1.807, 2.05) is 32.9 Å². The molecule has 0 aliphatic rings. The molecule has 5 nitrogen and oxygen atoms in total. The van der Waals surface area contributed by atoms with Crippen molar-refractivity contribution < 1.29 is 10.0 Å². The van der Waals surface area contributed by atoms with E-state index in [0.29, 0.717) is 18.7 Å². The van der Waals surface area contributed by atoms with E-state index in [9.17, 15) is 4.79 Å². The van der Waals surface area contributed by atoms with Crippen molar-refractivity contribution in [2.45, 2.75) is 20.8 Å². The van der Waals surface area contributed by atoms with E-state index >= 15 is 0 Å². The zero-order valence-electron chi connectivity index (χ0n) is 11.9. The molecule has 1 unspecified atom stereocenters. The lowest BCUT2D eigenvalue weighted by atomic mass is 10.1. The lowest BCUT2D eigenvalue weighted by Gasteiger charge is -2.24. The molecule has 0 aliphatic heterocycles. The molecule has 110 valence electrons. The second-order valence-electron chi connectivity index (χ2n) is 4.71. The third-order valence-electron chi connectivity index (χ3n) is 3.21. The van der Waals surface area contributed by atoms with Crippen molar-refractivity contribution in [1.29, 1.82) is 0 Å². The first kappa shape index (κ1) is 16.5. The van der Waals surface area contributed by atoms with E-state index in [4.69, 9.17) is 10.9 Å². The summed E-state index contributed by atoms with van der Waals surface area (Å²) in [5.74, 6) is -0.146. The second-order valence-corrected chi connectivity index (χ2v) is 5.50. The first-order chi connectivity index (χ1) is 9.42. The maximum Gasteiger partial charge on any atom is 0.255 e. The number of carbonyl (C=O) groups is 1. The number of rotatable bonds is 5. The molecule has 0 saturated heterocycles. The Hall–Kier alpha value is -1.56. The van der Waals surface area contributed by atoms with E-state index in [1.54, 1.807) is 11.0 Å². The van der Waals surface area contributed by atoms with Gasteiger partial charge in [-0.05, 0) is 41.4 Å². The molecule has 1 amide bonds. The highest BCUT2D eigenvalue weighted by molar-refractivity contribution is 9.10. The molecule has 6 heteroatoms. The molecule has 0 spiro atoms. The fraction of sp³-hybridized carbons (Fsp3) is 0.429. The predicted molar refractivity (Wildman–Crippen MR) is 83.0 cm³/mol. The summed E-state index contributed by atoms with van der Waals surface area (Å²) in [6.07, 6.45) is 0. The van der Waals surface area contributed by atoms with Crippen molar-refractivity contribution in [3.8, 4) is 0 Å². The molecule has 1 aromatic rings. The molecule has 0 heterocycles. The first-order valence-electron chi connectivity index (χ1n) is 6.44. The Balaban J connectivity index is 2.95. The quantitative estimate of drug-likeness (QED) is 0.374. The molecule has 3 N–H and O–H groups in total. The van der Waals surface area contributed by atoms with Crippen LogP contribution in [0, 0.1) is 12.8 Å². The molecular weight excluding hydrogens is 322 g/mol. The Kier molecular flexibility index (Phi) is 6.01. The largest absolute Gasteiger partial charge is 0.409 e. The van der Waals surface area contributed by atoms with Gasteiger partial charge in [-0.15, -0.1) is 0 Å². The summed E-state index contributed by atoms with van der Waals surface area (Å²) in [6, 6.07) is 5.58. The van der Waals surface area contributed by atoms with Gasteiger partial charge < -0.3 is 15.8 Å². The summed E-state index contributed by atoms with van der Waals surface area (Å²) in [4.78, 5) is 14.2. The Labute approximate surface area is 127 Å². The zero-order valence-corrected chi connectivity index (χ0v) is 13.5. The summed E-state index contributed by atoms with van der Waals surface area (Å²) < 4.78 is 0.805. The van der Waals surface area contributed by atoms with Crippen LogP contribution in [0.5, 0.6) is 0 Å². The van der Waals surface area contributed by atoms with E-state index in [1.165, 1.54) is 0 Å². The highest BCUT2D eigenvalue weighted by Gasteiger charge is 2.21. The highest BCUT2D eigenvalue weighted by Crippen LogP contribution is 2.22. The van der Waals surface area contributed by atoms with Gasteiger partial charge in [-0.25, -0.2) is 0 Å². The van der Waals surface area contributed by atoms with Gasteiger partial charge in [-0.1, -0.05) is 24.2 Å². The molecule has 1 aromatic carbocycles. The molecule has 1 atom stereocenters. The standard InChI is InChI=1S/C14H20BrN3O2/c1-4-18(8-10(3)13(16)17-20)14(19)11-7-5-6-9(2)12(11)15/h5-7,10,20H,4,8H2,1-3H3,(H2,16,17). The van der Waals surface area contributed by atoms with Crippen LogP contribution in [0.4, 0.5) is 0 Å². The predicted octanol–water partition coefficient (Wildman–Crippen LogP) is 2.60. The van der Waals surface area contributed by atoms with Gasteiger partial charge in [-0.3, -0.25) is 4.79 Å². The summed E-state index contributed by atoms with van der Waals surface area (Å²) >= 11 is 3.45. The molecule has 0 bridgehead atoms. The van der Waals surface area contributed by atoms with Crippen molar-refractivity contribution in [2.24, 2.45) is 16.8 Å². The lowest BCUT2D eigenvalue weighted by molar-refractivity contribution is 0.0753. The van der Waals surface area contributed by atoms with Crippen LogP contribution in [0.3, 0.4) is 0 Å². The van der Waals surface area contributed by atoms with Gasteiger partial charge in [0.15, 0.2) is 0 Å². The summed E-state index contributed by atoms with van der Waals surface area (Å²) in [6.45, 7) is 6.63. The highest BCUT2D eigenvalue weighted by atomic mass is 79.9. The van der Waals surface area contributed by atoms with Crippen molar-refractivity contribution in [1.82, 2.24) is 4.90 Å². The maximum absolute atomic E-state index is 12.5. The number of aryl methyl sites for hydroxylation is 1. The van der Waals surface area contributed by atoms with Crippen LogP contribution >= 0.6 is 15.9 Å². The van der Waals surface area contributed by atoms with Gasteiger partial charge in [0, 0.05) is 23.5 Å². The fourth-order valence-electron chi connectivity index (χ4n) is 1.86. The van der Waals surface area contributed by atoms with Crippen LogP contribution < -0.4 is 5.73 Å². The van der Waals surface area contributed by atoms with Crippen LogP contribution in [-0.4, -0.2) is 34.9 Å². The van der Waals surface area contributed by atoms with Crippen molar-refractivity contribution in [2.75, 3.05) is 13.1 Å². The molecule has 0 radical (unpaired) electrons. The number of benzene rings is 1. The lowest BCUT2D eigenvalue weighted by Crippen LogP contribution is -2.39. The number of nitrogens with two attached hydrogens (primary N) is 1. The Bertz CT molecular complexity index is 517. The van der Waals surface area contributed by atoms with E-state index in [0.717, 1.165) is 10.0 Å². The number of oxime groups is 1. The van der Waals surface area contributed by atoms with Crippen molar-refractivity contribution in [3.63, 3.8) is 0 Å². The van der Waals surface area contributed by atoms with Gasteiger partial charge in [0.05, 0.1) is 5.56 Å². The zero-order chi connectivity index (χ0) is 15.3. The summed E-state index contributed by atoms with van der Waals surface area (Å²) in [5.41, 5.74) is 7.20. The van der Waals surface area contributed by atoms with Gasteiger partial charge in [0.2, 0.25) is 0 Å². The van der Waals surface area contributed by atoms with Crippen LogP contribution in [0.15, 0.2) is 27.8 Å². The minimum absolute atomic E-state index is 0.0688. The molecule has 0 fully saturated rings. The van der Waals surface area contributed by atoms with Gasteiger partial charge in [0.25, 0.3) is 5.91 Å². The maximum atomic E-state index is 12.5.